The molecule has 0 spiro atoms. The third-order valence-corrected chi connectivity index (χ3v) is 4.91. The van der Waals surface area contributed by atoms with E-state index in [0.717, 1.165) is 0 Å². The molecule has 26 heavy (non-hydrogen) atoms. The lowest BCUT2D eigenvalue weighted by Gasteiger charge is -2.39. The smallest absolute Gasteiger partial charge is 0.269 e. The Labute approximate surface area is 161 Å². The van der Waals surface area contributed by atoms with E-state index in [0.29, 0.717) is 0 Å². The largest absolute Gasteiger partial charge is 0.324 e. The average molecular weight is 366 g/mol. The Morgan fingerprint density at radius 2 is 1.08 bits per heavy atom. The molecule has 0 aromatic heterocycles. The lowest BCUT2D eigenvalue weighted by molar-refractivity contribution is -0.929. The van der Waals surface area contributed by atoms with Gasteiger partial charge >= 0.3 is 0 Å². The monoisotopic (exact) mass is 365 g/mol. The number of hydrogen-bond donors (Lipinski definition) is 0. The second kappa shape index (κ2) is 15.8. The molecule has 1 rings (SSSR count). The predicted octanol–water partition coefficient (Wildman–Crippen LogP) is 6.60. The molecule has 0 atom stereocenters. The second-order valence-electron chi connectivity index (χ2n) is 7.24. The maximum Gasteiger partial charge on any atom is 0.269 e. The fourth-order valence-electron chi connectivity index (χ4n) is 3.19. The van der Waals surface area contributed by atoms with Crippen LogP contribution in [0.2, 0.25) is 0 Å². The number of benzene rings is 1. The summed E-state index contributed by atoms with van der Waals surface area (Å²) in [5.41, 5.74) is 0.137. The van der Waals surface area contributed by atoms with E-state index in [2.05, 4.69) is 27.7 Å². The van der Waals surface area contributed by atoms with E-state index in [9.17, 15) is 10.1 Å². The van der Waals surface area contributed by atoms with E-state index in [4.69, 9.17) is 0 Å². The minimum atomic E-state index is -0.417. The van der Waals surface area contributed by atoms with Crippen molar-refractivity contribution in [2.75, 3.05) is 26.2 Å². The number of hydrogen-bond acceptors (Lipinski definition) is 2. The van der Waals surface area contributed by atoms with E-state index >= 15 is 0 Å². The third-order valence-electron chi connectivity index (χ3n) is 4.91. The first-order valence-corrected chi connectivity index (χ1v) is 10.6. The molecule has 0 saturated heterocycles. The molecule has 1 aromatic carbocycles. The van der Waals surface area contributed by atoms with Gasteiger partial charge in [0.25, 0.3) is 5.69 Å². The number of nitro groups is 1. The van der Waals surface area contributed by atoms with Crippen LogP contribution in [-0.4, -0.2) is 35.6 Å². The SMILES string of the molecule is CCCC[N+](CCCC)(CCCC)CCCC.O=[N+]([O-])c1ccccc1. The van der Waals surface area contributed by atoms with Crippen molar-refractivity contribution in [3.05, 3.63) is 40.4 Å². The van der Waals surface area contributed by atoms with Crippen LogP contribution >= 0.6 is 0 Å². The summed E-state index contributed by atoms with van der Waals surface area (Å²) in [6.07, 6.45) is 11.1. The minimum absolute atomic E-state index is 0.137. The van der Waals surface area contributed by atoms with E-state index in [1.165, 1.54) is 94.2 Å². The molecule has 0 aliphatic carbocycles. The number of para-hydroxylation sites is 1. The van der Waals surface area contributed by atoms with Crippen LogP contribution in [0.3, 0.4) is 0 Å². The molecule has 4 heteroatoms. The lowest BCUT2D eigenvalue weighted by Crippen LogP contribution is -2.50. The summed E-state index contributed by atoms with van der Waals surface area (Å²) in [6, 6.07) is 7.93. The van der Waals surface area contributed by atoms with Crippen molar-refractivity contribution in [1.82, 2.24) is 0 Å². The van der Waals surface area contributed by atoms with Crippen LogP contribution in [0.5, 0.6) is 0 Å². The molecule has 0 heterocycles. The highest BCUT2D eigenvalue weighted by molar-refractivity contribution is 5.27. The van der Waals surface area contributed by atoms with Crippen molar-refractivity contribution in [3.8, 4) is 0 Å². The van der Waals surface area contributed by atoms with Crippen molar-refractivity contribution in [1.29, 1.82) is 0 Å². The maximum atomic E-state index is 10.0. The molecule has 0 amide bonds. The number of rotatable bonds is 13. The van der Waals surface area contributed by atoms with Crippen molar-refractivity contribution in [2.24, 2.45) is 0 Å². The van der Waals surface area contributed by atoms with Crippen LogP contribution < -0.4 is 0 Å². The van der Waals surface area contributed by atoms with Crippen LogP contribution in [0, 0.1) is 10.1 Å². The standard InChI is InChI=1S/C16H36N.C6H5NO2/c1-5-9-13-17(14-10-6-2,15-11-7-3)16-12-8-4;8-7(9)6-4-2-1-3-5-6/h5-16H2,1-4H3;1-5H/q+1;. The maximum absolute atomic E-state index is 10.0. The highest BCUT2D eigenvalue weighted by Gasteiger charge is 2.24. The fraction of sp³-hybridized carbons (Fsp3) is 0.727. The molecule has 0 bridgehead atoms. The molecule has 0 N–H and O–H groups in total. The lowest BCUT2D eigenvalue weighted by atomic mass is 10.1. The first kappa shape index (κ1) is 24.6. The molecule has 0 radical (unpaired) electrons. The first-order chi connectivity index (χ1) is 12.5. The van der Waals surface area contributed by atoms with Gasteiger partial charge in [0.2, 0.25) is 0 Å². The zero-order valence-electron chi connectivity index (χ0n) is 17.6. The Morgan fingerprint density at radius 3 is 1.31 bits per heavy atom. The molecule has 0 saturated carbocycles. The highest BCUT2D eigenvalue weighted by Crippen LogP contribution is 2.16. The van der Waals surface area contributed by atoms with Crippen LogP contribution in [0.4, 0.5) is 5.69 Å². The molecule has 1 aromatic rings. The van der Waals surface area contributed by atoms with Gasteiger partial charge in [-0.25, -0.2) is 0 Å². The molecule has 0 aliphatic rings. The summed E-state index contributed by atoms with van der Waals surface area (Å²) in [5.74, 6) is 0. The van der Waals surface area contributed by atoms with Gasteiger partial charge in [-0.1, -0.05) is 71.6 Å². The number of quaternary nitrogens is 1. The van der Waals surface area contributed by atoms with Crippen LogP contribution in [0.1, 0.15) is 79.1 Å². The molecule has 4 nitrogen and oxygen atoms in total. The molecule has 150 valence electrons. The van der Waals surface area contributed by atoms with Crippen molar-refractivity contribution >= 4 is 5.69 Å². The van der Waals surface area contributed by atoms with E-state index < -0.39 is 4.92 Å². The second-order valence-corrected chi connectivity index (χ2v) is 7.24. The molecular weight excluding hydrogens is 324 g/mol. The van der Waals surface area contributed by atoms with Gasteiger partial charge < -0.3 is 4.48 Å². The van der Waals surface area contributed by atoms with Gasteiger partial charge in [0, 0.05) is 12.1 Å². The van der Waals surface area contributed by atoms with Gasteiger partial charge in [0.05, 0.1) is 31.1 Å². The summed E-state index contributed by atoms with van der Waals surface area (Å²) in [5, 5.41) is 10.0. The van der Waals surface area contributed by atoms with Crippen LogP contribution in [0.25, 0.3) is 0 Å². The highest BCUT2D eigenvalue weighted by atomic mass is 16.6. The number of nitrogens with zero attached hydrogens (tertiary/aromatic N) is 2. The van der Waals surface area contributed by atoms with Crippen LogP contribution in [-0.2, 0) is 0 Å². The summed E-state index contributed by atoms with van der Waals surface area (Å²) >= 11 is 0. The van der Waals surface area contributed by atoms with Crippen molar-refractivity contribution < 1.29 is 9.41 Å². The Hall–Kier alpha value is -1.42. The molecular formula is C22H41N2O2+. The Morgan fingerprint density at radius 1 is 0.731 bits per heavy atom. The molecule has 0 aliphatic heterocycles. The van der Waals surface area contributed by atoms with Gasteiger partial charge in [0.15, 0.2) is 0 Å². The normalized spacial score (nSPS) is 10.9. The zero-order chi connectivity index (χ0) is 19.7. The number of non-ortho nitro benzene ring substituents is 1. The first-order valence-electron chi connectivity index (χ1n) is 10.6. The predicted molar refractivity (Wildman–Crippen MR) is 112 cm³/mol. The molecule has 0 fully saturated rings. The topological polar surface area (TPSA) is 43.1 Å². The van der Waals surface area contributed by atoms with Gasteiger partial charge in [-0.15, -0.1) is 0 Å². The third kappa shape index (κ3) is 11.2. The van der Waals surface area contributed by atoms with Gasteiger partial charge in [-0.3, -0.25) is 10.1 Å². The zero-order valence-corrected chi connectivity index (χ0v) is 17.6. The Kier molecular flexibility index (Phi) is 14.9. The number of unbranched alkanes of at least 4 members (excludes halogenated alkanes) is 4. The summed E-state index contributed by atoms with van der Waals surface area (Å²) in [7, 11) is 0. The minimum Gasteiger partial charge on any atom is -0.324 e. The van der Waals surface area contributed by atoms with Gasteiger partial charge in [-0.05, 0) is 25.7 Å². The Bertz CT molecular complexity index is 411. The summed E-state index contributed by atoms with van der Waals surface area (Å²) in [4.78, 5) is 9.59. The number of nitro benzene ring substituents is 1. The van der Waals surface area contributed by atoms with Gasteiger partial charge in [0.1, 0.15) is 0 Å². The van der Waals surface area contributed by atoms with E-state index in [1.807, 2.05) is 0 Å². The summed E-state index contributed by atoms with van der Waals surface area (Å²) in [6.45, 7) is 15.0. The quantitative estimate of drug-likeness (QED) is 0.224. The van der Waals surface area contributed by atoms with Gasteiger partial charge in [-0.2, -0.15) is 0 Å². The summed E-state index contributed by atoms with van der Waals surface area (Å²) < 4.78 is 1.42. The van der Waals surface area contributed by atoms with E-state index in [-0.39, 0.29) is 5.69 Å². The van der Waals surface area contributed by atoms with E-state index in [1.54, 1.807) is 18.2 Å². The molecule has 0 unspecified atom stereocenters. The fourth-order valence-corrected chi connectivity index (χ4v) is 3.19. The Balaban J connectivity index is 0.000000577. The average Bonchev–Trinajstić information content (AvgIpc) is 2.68. The van der Waals surface area contributed by atoms with Crippen molar-refractivity contribution in [2.45, 2.75) is 79.1 Å². The van der Waals surface area contributed by atoms with Crippen LogP contribution in [0.15, 0.2) is 30.3 Å². The van der Waals surface area contributed by atoms with Crippen molar-refractivity contribution in [3.63, 3.8) is 0 Å².